The lowest BCUT2D eigenvalue weighted by molar-refractivity contribution is -0.146. The monoisotopic (exact) mass is 396 g/mol. The minimum absolute atomic E-state index is 0.243. The van der Waals surface area contributed by atoms with Crippen molar-refractivity contribution in [2.45, 2.75) is 39.7 Å². The molecule has 0 N–H and O–H groups in total. The number of benzene rings is 1. The molecule has 2 atom stereocenters. The number of fused-ring (bicyclic) bond motifs is 1. The van der Waals surface area contributed by atoms with Crippen LogP contribution in [0.3, 0.4) is 0 Å². The quantitative estimate of drug-likeness (QED) is 0.608. The molecule has 0 radical (unpaired) electrons. The van der Waals surface area contributed by atoms with Gasteiger partial charge in [0.05, 0.1) is 25.5 Å². The Kier molecular flexibility index (Phi) is 5.08. The fraction of sp³-hybridized carbons (Fsp3) is 0.429. The number of methoxy groups -OCH3 is 1. The Morgan fingerprint density at radius 1 is 1.34 bits per heavy atom. The first kappa shape index (κ1) is 19.2. The zero-order chi connectivity index (χ0) is 20.5. The molecule has 0 aliphatic carbocycles. The van der Waals surface area contributed by atoms with E-state index < -0.39 is 5.92 Å². The number of rotatable bonds is 5. The molecule has 29 heavy (non-hydrogen) atoms. The highest BCUT2D eigenvalue weighted by Crippen LogP contribution is 2.37. The Morgan fingerprint density at radius 3 is 2.86 bits per heavy atom. The number of carbonyl (C=O) groups is 1. The van der Waals surface area contributed by atoms with Gasteiger partial charge in [0.2, 0.25) is 0 Å². The maximum Gasteiger partial charge on any atom is 0.316 e. The maximum absolute atomic E-state index is 12.4. The van der Waals surface area contributed by atoms with Gasteiger partial charge in [-0.05, 0) is 31.4 Å². The van der Waals surface area contributed by atoms with Crippen LogP contribution in [0.15, 0.2) is 28.8 Å². The first-order chi connectivity index (χ1) is 14.0. The van der Waals surface area contributed by atoms with Crippen LogP contribution in [0.4, 0.5) is 0 Å². The molecule has 0 bridgehead atoms. The molecule has 2 aromatic heterocycles. The van der Waals surface area contributed by atoms with Crippen molar-refractivity contribution in [2.75, 3.05) is 13.7 Å². The van der Waals surface area contributed by atoms with Crippen LogP contribution in [-0.4, -0.2) is 39.4 Å². The van der Waals surface area contributed by atoms with E-state index in [2.05, 4.69) is 22.1 Å². The van der Waals surface area contributed by atoms with E-state index in [4.69, 9.17) is 13.9 Å². The summed E-state index contributed by atoms with van der Waals surface area (Å²) in [5.74, 6) is 2.93. The lowest BCUT2D eigenvalue weighted by Gasteiger charge is -2.27. The summed E-state index contributed by atoms with van der Waals surface area (Å²) in [6, 6.07) is 5.78. The van der Waals surface area contributed by atoms with Gasteiger partial charge in [0.1, 0.15) is 17.5 Å². The van der Waals surface area contributed by atoms with Crippen molar-refractivity contribution < 1.29 is 18.7 Å². The smallest absolute Gasteiger partial charge is 0.316 e. The molecule has 1 aliphatic heterocycles. The molecule has 0 spiro atoms. The molecule has 0 amide bonds. The lowest BCUT2D eigenvalue weighted by atomic mass is 9.91. The van der Waals surface area contributed by atoms with Crippen LogP contribution in [0, 0.1) is 12.8 Å². The van der Waals surface area contributed by atoms with Crippen molar-refractivity contribution in [1.82, 2.24) is 19.7 Å². The Morgan fingerprint density at radius 2 is 2.17 bits per heavy atom. The summed E-state index contributed by atoms with van der Waals surface area (Å²) in [7, 11) is 1.62. The van der Waals surface area contributed by atoms with Crippen molar-refractivity contribution in [2.24, 2.45) is 5.92 Å². The van der Waals surface area contributed by atoms with Crippen LogP contribution in [0.1, 0.15) is 37.9 Å². The fourth-order valence-electron chi connectivity index (χ4n) is 3.82. The largest absolute Gasteiger partial charge is 0.496 e. The van der Waals surface area contributed by atoms with Gasteiger partial charge < -0.3 is 18.5 Å². The number of aromatic nitrogens is 4. The van der Waals surface area contributed by atoms with E-state index in [1.807, 2.05) is 29.7 Å². The Bertz CT molecular complexity index is 1040. The second-order valence-corrected chi connectivity index (χ2v) is 7.30. The third-order valence-corrected chi connectivity index (χ3v) is 5.14. The number of carbonyl (C=O) groups excluding carboxylic acids is 1. The number of nitrogens with zero attached hydrogens (tertiary/aromatic N) is 4. The first-order valence-electron chi connectivity index (χ1n) is 9.72. The molecule has 1 aliphatic rings. The van der Waals surface area contributed by atoms with Crippen LogP contribution < -0.4 is 4.74 Å². The normalized spacial score (nSPS) is 18.3. The molecule has 8 heteroatoms. The van der Waals surface area contributed by atoms with E-state index in [-0.39, 0.29) is 5.97 Å². The van der Waals surface area contributed by atoms with Gasteiger partial charge in [0.15, 0.2) is 17.5 Å². The van der Waals surface area contributed by atoms with Crippen molar-refractivity contribution in [3.05, 3.63) is 36.1 Å². The summed E-state index contributed by atoms with van der Waals surface area (Å²) in [5, 5.41) is 8.73. The summed E-state index contributed by atoms with van der Waals surface area (Å²) in [5.41, 5.74) is 1.67. The second kappa shape index (κ2) is 7.69. The molecule has 0 saturated carbocycles. The summed E-state index contributed by atoms with van der Waals surface area (Å²) >= 11 is 0. The zero-order valence-corrected chi connectivity index (χ0v) is 17.0. The molecule has 3 aromatic rings. The maximum atomic E-state index is 12.4. The number of esters is 1. The van der Waals surface area contributed by atoms with E-state index in [0.717, 1.165) is 17.7 Å². The van der Waals surface area contributed by atoms with Gasteiger partial charge >= 0.3 is 5.97 Å². The molecule has 2 unspecified atom stereocenters. The molecular weight excluding hydrogens is 372 g/mol. The lowest BCUT2D eigenvalue weighted by Crippen LogP contribution is -2.29. The SMILES string of the molecule is CCOC(=O)C1CC(C)Cn2c(-c3ccc(-c4cnc(C)o4)c(OC)c3)nnc21. The van der Waals surface area contributed by atoms with Crippen molar-refractivity contribution in [3.8, 4) is 28.5 Å². The van der Waals surface area contributed by atoms with Gasteiger partial charge in [-0.3, -0.25) is 4.79 Å². The molecule has 0 saturated heterocycles. The number of aryl methyl sites for hydroxylation is 1. The number of ether oxygens (including phenoxy) is 2. The van der Waals surface area contributed by atoms with Gasteiger partial charge in [-0.15, -0.1) is 10.2 Å². The Balaban J connectivity index is 1.74. The highest BCUT2D eigenvalue weighted by molar-refractivity contribution is 5.78. The predicted molar refractivity (Wildman–Crippen MR) is 105 cm³/mol. The van der Waals surface area contributed by atoms with Gasteiger partial charge in [0, 0.05) is 19.0 Å². The molecule has 152 valence electrons. The average Bonchev–Trinajstić information content (AvgIpc) is 3.33. The predicted octanol–water partition coefficient (Wildman–Crippen LogP) is 3.60. The van der Waals surface area contributed by atoms with E-state index in [9.17, 15) is 4.79 Å². The van der Waals surface area contributed by atoms with E-state index >= 15 is 0 Å². The molecule has 8 nitrogen and oxygen atoms in total. The summed E-state index contributed by atoms with van der Waals surface area (Å²) in [6.07, 6.45) is 2.39. The van der Waals surface area contributed by atoms with Crippen LogP contribution >= 0.6 is 0 Å². The molecule has 0 fully saturated rings. The summed E-state index contributed by atoms with van der Waals surface area (Å²) < 4.78 is 18.5. The third kappa shape index (κ3) is 3.50. The van der Waals surface area contributed by atoms with E-state index in [1.54, 1.807) is 20.2 Å². The highest BCUT2D eigenvalue weighted by atomic mass is 16.5. The number of oxazole rings is 1. The Hall–Kier alpha value is -3.16. The van der Waals surface area contributed by atoms with Gasteiger partial charge in [0.25, 0.3) is 0 Å². The van der Waals surface area contributed by atoms with Gasteiger partial charge in [-0.2, -0.15) is 0 Å². The molecular formula is C21H24N4O4. The molecule has 1 aromatic carbocycles. The topological polar surface area (TPSA) is 92.3 Å². The van der Waals surface area contributed by atoms with Crippen LogP contribution in [-0.2, 0) is 16.1 Å². The second-order valence-electron chi connectivity index (χ2n) is 7.30. The van der Waals surface area contributed by atoms with Gasteiger partial charge in [-0.1, -0.05) is 13.0 Å². The number of hydrogen-bond donors (Lipinski definition) is 0. The van der Waals surface area contributed by atoms with Crippen LogP contribution in [0.25, 0.3) is 22.7 Å². The van der Waals surface area contributed by atoms with Crippen LogP contribution in [0.5, 0.6) is 5.75 Å². The fourth-order valence-corrected chi connectivity index (χ4v) is 3.82. The van der Waals surface area contributed by atoms with Gasteiger partial charge in [-0.25, -0.2) is 4.98 Å². The summed E-state index contributed by atoms with van der Waals surface area (Å²) in [4.78, 5) is 16.6. The Labute approximate surface area is 168 Å². The third-order valence-electron chi connectivity index (χ3n) is 5.14. The number of hydrogen-bond acceptors (Lipinski definition) is 7. The summed E-state index contributed by atoms with van der Waals surface area (Å²) in [6.45, 7) is 6.83. The van der Waals surface area contributed by atoms with Crippen molar-refractivity contribution >= 4 is 5.97 Å². The first-order valence-corrected chi connectivity index (χ1v) is 9.72. The van der Waals surface area contributed by atoms with E-state index in [0.29, 0.717) is 48.0 Å². The zero-order valence-electron chi connectivity index (χ0n) is 17.0. The van der Waals surface area contributed by atoms with Crippen molar-refractivity contribution in [3.63, 3.8) is 0 Å². The minimum Gasteiger partial charge on any atom is -0.496 e. The van der Waals surface area contributed by atoms with Crippen molar-refractivity contribution in [1.29, 1.82) is 0 Å². The van der Waals surface area contributed by atoms with E-state index in [1.165, 1.54) is 0 Å². The molecule has 3 heterocycles. The molecule has 4 rings (SSSR count). The highest BCUT2D eigenvalue weighted by Gasteiger charge is 2.35. The van der Waals surface area contributed by atoms with Crippen LogP contribution in [0.2, 0.25) is 0 Å². The average molecular weight is 396 g/mol. The minimum atomic E-state index is -0.390. The standard InChI is InChI=1S/C21H24N4O4/c1-5-28-21(26)16-8-12(2)11-25-19(23-24-20(16)25)14-6-7-15(17(9-14)27-4)18-10-22-13(3)29-18/h6-7,9-10,12,16H,5,8,11H2,1-4H3.